The fourth-order valence-corrected chi connectivity index (χ4v) is 3.26. The summed E-state index contributed by atoms with van der Waals surface area (Å²) in [6, 6.07) is 4.89. The van der Waals surface area contributed by atoms with E-state index in [9.17, 15) is 4.39 Å². The first-order valence-corrected chi connectivity index (χ1v) is 6.01. The summed E-state index contributed by atoms with van der Waals surface area (Å²) < 4.78 is 13.1. The van der Waals surface area contributed by atoms with E-state index in [2.05, 4.69) is 0 Å². The second-order valence-electron chi connectivity index (χ2n) is 3.97. The smallest absolute Gasteiger partial charge is 0.126 e. The number of nitrogen functional groups attached to an aromatic ring is 1. The van der Waals surface area contributed by atoms with Crippen LogP contribution in [0.5, 0.6) is 0 Å². The molecule has 0 radical (unpaired) electrons. The van der Waals surface area contributed by atoms with Crippen molar-refractivity contribution in [2.24, 2.45) is 5.73 Å². The zero-order chi connectivity index (χ0) is 10.8. The van der Waals surface area contributed by atoms with E-state index in [1.165, 1.54) is 18.6 Å². The summed E-state index contributed by atoms with van der Waals surface area (Å²) in [6.07, 6.45) is 3.36. The molecule has 1 aliphatic rings. The number of nitrogens with two attached hydrogens (primary N) is 2. The first kappa shape index (κ1) is 10.8. The molecule has 2 atom stereocenters. The molecule has 1 saturated carbocycles. The largest absolute Gasteiger partial charge is 0.399 e. The van der Waals surface area contributed by atoms with E-state index in [0.29, 0.717) is 10.9 Å². The van der Waals surface area contributed by atoms with Crippen molar-refractivity contribution in [2.75, 3.05) is 5.73 Å². The van der Waals surface area contributed by atoms with Gasteiger partial charge in [0, 0.05) is 21.9 Å². The zero-order valence-electron chi connectivity index (χ0n) is 8.45. The molecule has 15 heavy (non-hydrogen) atoms. The van der Waals surface area contributed by atoms with E-state index in [1.54, 1.807) is 17.8 Å². The molecular formula is C11H15FN2S. The van der Waals surface area contributed by atoms with Crippen molar-refractivity contribution in [1.29, 1.82) is 0 Å². The van der Waals surface area contributed by atoms with Crippen LogP contribution in [0.4, 0.5) is 10.1 Å². The van der Waals surface area contributed by atoms with Gasteiger partial charge in [-0.15, -0.1) is 11.8 Å². The zero-order valence-corrected chi connectivity index (χ0v) is 9.27. The van der Waals surface area contributed by atoms with Crippen molar-refractivity contribution in [2.45, 2.75) is 35.4 Å². The number of thioether (sulfide) groups is 1. The minimum Gasteiger partial charge on any atom is -0.399 e. The Morgan fingerprint density at radius 2 is 2.07 bits per heavy atom. The topological polar surface area (TPSA) is 52.0 Å². The van der Waals surface area contributed by atoms with Gasteiger partial charge in [-0.2, -0.15) is 0 Å². The molecule has 0 aromatic heterocycles. The van der Waals surface area contributed by atoms with Crippen LogP contribution in [0.15, 0.2) is 23.1 Å². The summed E-state index contributed by atoms with van der Waals surface area (Å²) in [6.45, 7) is 0. The Labute approximate surface area is 93.2 Å². The molecule has 4 N–H and O–H groups in total. The number of hydrogen-bond acceptors (Lipinski definition) is 3. The van der Waals surface area contributed by atoms with Gasteiger partial charge in [0.2, 0.25) is 0 Å². The summed E-state index contributed by atoms with van der Waals surface area (Å²) in [7, 11) is 0. The van der Waals surface area contributed by atoms with E-state index in [0.717, 1.165) is 17.7 Å². The summed E-state index contributed by atoms with van der Waals surface area (Å²) >= 11 is 1.64. The van der Waals surface area contributed by atoms with Crippen molar-refractivity contribution in [1.82, 2.24) is 0 Å². The number of halogens is 1. The van der Waals surface area contributed by atoms with Crippen LogP contribution in [0.3, 0.4) is 0 Å². The number of hydrogen-bond donors (Lipinski definition) is 2. The van der Waals surface area contributed by atoms with Gasteiger partial charge in [0.15, 0.2) is 0 Å². The molecule has 82 valence electrons. The summed E-state index contributed by atoms with van der Waals surface area (Å²) in [5, 5.41) is 0.409. The van der Waals surface area contributed by atoms with Crippen molar-refractivity contribution in [3.63, 3.8) is 0 Å². The van der Waals surface area contributed by atoms with E-state index < -0.39 is 0 Å². The highest BCUT2D eigenvalue weighted by Gasteiger charge is 2.24. The highest BCUT2D eigenvalue weighted by atomic mass is 32.2. The summed E-state index contributed by atoms with van der Waals surface area (Å²) in [5.41, 5.74) is 12.0. The first-order valence-electron chi connectivity index (χ1n) is 5.13. The highest BCUT2D eigenvalue weighted by Crippen LogP contribution is 2.35. The quantitative estimate of drug-likeness (QED) is 0.761. The molecule has 1 aromatic rings. The lowest BCUT2D eigenvalue weighted by molar-refractivity contribution is 0.625. The van der Waals surface area contributed by atoms with Gasteiger partial charge in [0.25, 0.3) is 0 Å². The lowest BCUT2D eigenvalue weighted by atomic mass is 10.3. The van der Waals surface area contributed by atoms with Gasteiger partial charge < -0.3 is 11.5 Å². The van der Waals surface area contributed by atoms with Crippen LogP contribution >= 0.6 is 11.8 Å². The van der Waals surface area contributed by atoms with E-state index >= 15 is 0 Å². The monoisotopic (exact) mass is 226 g/mol. The SMILES string of the molecule is Nc1cc(F)cc(SC2CCCC2N)c1. The Kier molecular flexibility index (Phi) is 3.17. The van der Waals surface area contributed by atoms with Crippen LogP contribution < -0.4 is 11.5 Å². The molecule has 1 fully saturated rings. The van der Waals surface area contributed by atoms with E-state index in [4.69, 9.17) is 11.5 Å². The average Bonchev–Trinajstić information content (AvgIpc) is 2.50. The molecule has 2 nitrogen and oxygen atoms in total. The minimum atomic E-state index is -0.274. The third-order valence-electron chi connectivity index (χ3n) is 2.68. The summed E-state index contributed by atoms with van der Waals surface area (Å²) in [4.78, 5) is 0.884. The lowest BCUT2D eigenvalue weighted by Crippen LogP contribution is -2.26. The molecule has 1 aliphatic carbocycles. The number of benzene rings is 1. The summed E-state index contributed by atoms with van der Waals surface area (Å²) in [5.74, 6) is -0.274. The predicted octanol–water partition coefficient (Wildman–Crippen LogP) is 2.38. The van der Waals surface area contributed by atoms with Crippen LogP contribution in [-0.4, -0.2) is 11.3 Å². The van der Waals surface area contributed by atoms with Gasteiger partial charge in [0.1, 0.15) is 5.82 Å². The molecule has 0 amide bonds. The fraction of sp³-hybridized carbons (Fsp3) is 0.455. The van der Waals surface area contributed by atoms with Gasteiger partial charge >= 0.3 is 0 Å². The second-order valence-corrected chi connectivity index (χ2v) is 5.28. The van der Waals surface area contributed by atoms with Gasteiger partial charge in [0.05, 0.1) is 0 Å². The fourth-order valence-electron chi connectivity index (χ4n) is 1.93. The van der Waals surface area contributed by atoms with Gasteiger partial charge in [-0.3, -0.25) is 0 Å². The standard InChI is InChI=1S/C11H15FN2S/c12-7-4-8(13)6-9(5-7)15-11-3-1-2-10(11)14/h4-6,10-11H,1-3,13-14H2. The minimum absolute atomic E-state index is 0.236. The maximum absolute atomic E-state index is 13.1. The van der Waals surface area contributed by atoms with Gasteiger partial charge in [-0.1, -0.05) is 6.42 Å². The van der Waals surface area contributed by atoms with Crippen molar-refractivity contribution < 1.29 is 4.39 Å². The Hall–Kier alpha value is -0.740. The second kappa shape index (κ2) is 4.41. The average molecular weight is 226 g/mol. The van der Waals surface area contributed by atoms with Crippen LogP contribution in [0.1, 0.15) is 19.3 Å². The first-order chi connectivity index (χ1) is 7.15. The molecular weight excluding hydrogens is 211 g/mol. The van der Waals surface area contributed by atoms with E-state index in [-0.39, 0.29) is 11.9 Å². The van der Waals surface area contributed by atoms with Crippen LogP contribution in [0, 0.1) is 5.82 Å². The normalized spacial score (nSPS) is 25.7. The number of rotatable bonds is 2. The molecule has 2 rings (SSSR count). The molecule has 0 bridgehead atoms. The Morgan fingerprint density at radius 1 is 1.27 bits per heavy atom. The Bertz CT molecular complexity index is 336. The molecule has 0 spiro atoms. The molecule has 4 heteroatoms. The van der Waals surface area contributed by atoms with E-state index in [1.807, 2.05) is 0 Å². The van der Waals surface area contributed by atoms with Crippen molar-refractivity contribution in [3.8, 4) is 0 Å². The molecule has 1 aromatic carbocycles. The lowest BCUT2D eigenvalue weighted by Gasteiger charge is -2.14. The molecule has 0 heterocycles. The predicted molar refractivity (Wildman–Crippen MR) is 62.3 cm³/mol. The van der Waals surface area contributed by atoms with Crippen LogP contribution in [0.25, 0.3) is 0 Å². The third kappa shape index (κ3) is 2.63. The third-order valence-corrected chi connectivity index (χ3v) is 4.08. The maximum atomic E-state index is 13.1. The van der Waals surface area contributed by atoms with Crippen LogP contribution in [-0.2, 0) is 0 Å². The maximum Gasteiger partial charge on any atom is 0.126 e. The molecule has 0 saturated heterocycles. The van der Waals surface area contributed by atoms with Crippen molar-refractivity contribution in [3.05, 3.63) is 24.0 Å². The Balaban J connectivity index is 2.10. The molecule has 0 aliphatic heterocycles. The molecule has 2 unspecified atom stereocenters. The highest BCUT2D eigenvalue weighted by molar-refractivity contribution is 8.00. The van der Waals surface area contributed by atoms with Gasteiger partial charge in [-0.05, 0) is 31.0 Å². The van der Waals surface area contributed by atoms with Gasteiger partial charge in [-0.25, -0.2) is 4.39 Å². The Morgan fingerprint density at radius 3 is 2.67 bits per heavy atom. The number of anilines is 1. The van der Waals surface area contributed by atoms with Crippen molar-refractivity contribution >= 4 is 17.4 Å². The van der Waals surface area contributed by atoms with Crippen LogP contribution in [0.2, 0.25) is 0 Å².